The van der Waals surface area contributed by atoms with Gasteiger partial charge in [-0.05, 0) is 25.8 Å². The van der Waals surface area contributed by atoms with Crippen molar-refractivity contribution in [2.75, 3.05) is 18.1 Å². The summed E-state index contributed by atoms with van der Waals surface area (Å²) in [6.07, 6.45) is 3.76. The Hall–Kier alpha value is 0.290. The van der Waals surface area contributed by atoms with Gasteiger partial charge in [0.05, 0.1) is 10.9 Å². The molecule has 1 N–H and O–H groups in total. The number of hydrogen-bond donors (Lipinski definition) is 1. The fraction of sp³-hybridized carbons (Fsp3) is 0.786. The van der Waals surface area contributed by atoms with Crippen LogP contribution in [0.3, 0.4) is 0 Å². The van der Waals surface area contributed by atoms with E-state index in [9.17, 15) is 0 Å². The number of thioether (sulfide) groups is 2. The van der Waals surface area contributed by atoms with Crippen LogP contribution in [0.2, 0.25) is 0 Å². The predicted molar refractivity (Wildman–Crippen MR) is 88.6 cm³/mol. The van der Waals surface area contributed by atoms with E-state index in [1.54, 1.807) is 0 Å². The lowest BCUT2D eigenvalue weighted by molar-refractivity contribution is 0.476. The molecule has 1 aromatic rings. The Morgan fingerprint density at radius 3 is 2.95 bits per heavy atom. The molecule has 0 aromatic carbocycles. The van der Waals surface area contributed by atoms with Crippen molar-refractivity contribution in [3.8, 4) is 0 Å². The van der Waals surface area contributed by atoms with Crippen molar-refractivity contribution < 1.29 is 0 Å². The van der Waals surface area contributed by atoms with Gasteiger partial charge in [0.2, 0.25) is 0 Å². The smallest absolute Gasteiger partial charge is 0.107 e. The zero-order chi connectivity index (χ0) is 13.2. The molecule has 2 heterocycles. The molecule has 1 fully saturated rings. The van der Waals surface area contributed by atoms with Crippen LogP contribution >= 0.6 is 34.9 Å². The first-order chi connectivity index (χ1) is 9.29. The van der Waals surface area contributed by atoms with Crippen LogP contribution < -0.4 is 5.32 Å². The molecule has 2 aliphatic rings. The van der Waals surface area contributed by atoms with Gasteiger partial charge in [-0.15, -0.1) is 23.1 Å². The highest BCUT2D eigenvalue weighted by Crippen LogP contribution is 2.46. The minimum absolute atomic E-state index is 0.566. The SMILES string of the molecule is CCNC1CCCc2nc(C3SCCSC3C)sc21. The molecule has 0 spiro atoms. The van der Waals surface area contributed by atoms with Crippen molar-refractivity contribution in [3.63, 3.8) is 0 Å². The van der Waals surface area contributed by atoms with Gasteiger partial charge in [-0.25, -0.2) is 4.98 Å². The van der Waals surface area contributed by atoms with E-state index in [2.05, 4.69) is 42.7 Å². The van der Waals surface area contributed by atoms with Gasteiger partial charge < -0.3 is 5.32 Å². The van der Waals surface area contributed by atoms with Gasteiger partial charge >= 0.3 is 0 Å². The topological polar surface area (TPSA) is 24.9 Å². The third-order valence-electron chi connectivity index (χ3n) is 3.85. The molecule has 1 aliphatic carbocycles. The van der Waals surface area contributed by atoms with E-state index < -0.39 is 0 Å². The molecule has 19 heavy (non-hydrogen) atoms. The molecule has 0 amide bonds. The lowest BCUT2D eigenvalue weighted by Crippen LogP contribution is -2.23. The molecule has 2 nitrogen and oxygen atoms in total. The summed E-state index contributed by atoms with van der Waals surface area (Å²) < 4.78 is 0. The minimum Gasteiger partial charge on any atom is -0.309 e. The van der Waals surface area contributed by atoms with E-state index in [-0.39, 0.29) is 0 Å². The quantitative estimate of drug-likeness (QED) is 0.910. The first-order valence-electron chi connectivity index (χ1n) is 7.25. The molecule has 0 saturated carbocycles. The average molecular weight is 315 g/mol. The van der Waals surface area contributed by atoms with Gasteiger partial charge in [0.1, 0.15) is 5.01 Å². The second kappa shape index (κ2) is 6.37. The summed E-state index contributed by atoms with van der Waals surface area (Å²) >= 11 is 6.20. The van der Waals surface area contributed by atoms with E-state index >= 15 is 0 Å². The van der Waals surface area contributed by atoms with Crippen LogP contribution in [0.1, 0.15) is 53.6 Å². The van der Waals surface area contributed by atoms with Crippen LogP contribution in [0.25, 0.3) is 0 Å². The Morgan fingerprint density at radius 1 is 1.32 bits per heavy atom. The summed E-state index contributed by atoms with van der Waals surface area (Å²) in [5.41, 5.74) is 1.39. The molecule has 0 radical (unpaired) electrons. The number of nitrogens with zero attached hydrogens (tertiary/aromatic N) is 1. The number of thiazole rings is 1. The van der Waals surface area contributed by atoms with Gasteiger partial charge in [0.25, 0.3) is 0 Å². The lowest BCUT2D eigenvalue weighted by Gasteiger charge is -2.26. The number of rotatable bonds is 3. The second-order valence-corrected chi connectivity index (χ2v) is 9.03. The zero-order valence-corrected chi connectivity index (χ0v) is 14.1. The van der Waals surface area contributed by atoms with E-state index in [0.29, 0.717) is 16.5 Å². The standard InChI is InChI=1S/C14H22N2S3/c1-3-15-10-5-4-6-11-13(10)19-14(16-11)12-9(2)17-7-8-18-12/h9-10,12,15H,3-8H2,1-2H3. The van der Waals surface area contributed by atoms with Gasteiger partial charge in [0.15, 0.2) is 0 Å². The third kappa shape index (κ3) is 2.99. The maximum Gasteiger partial charge on any atom is 0.107 e. The van der Waals surface area contributed by atoms with Gasteiger partial charge in [-0.2, -0.15) is 11.8 Å². The highest BCUT2D eigenvalue weighted by Gasteiger charge is 2.30. The van der Waals surface area contributed by atoms with Crippen molar-refractivity contribution in [2.45, 2.75) is 49.7 Å². The van der Waals surface area contributed by atoms with E-state index in [1.165, 1.54) is 46.3 Å². The number of aromatic nitrogens is 1. The highest BCUT2D eigenvalue weighted by molar-refractivity contribution is 8.06. The molecular weight excluding hydrogens is 292 g/mol. The van der Waals surface area contributed by atoms with E-state index in [0.717, 1.165) is 6.54 Å². The molecule has 0 bridgehead atoms. The third-order valence-corrected chi connectivity index (χ3v) is 8.39. The van der Waals surface area contributed by atoms with Crippen molar-refractivity contribution >= 4 is 34.9 Å². The van der Waals surface area contributed by atoms with Crippen LogP contribution in [-0.4, -0.2) is 28.3 Å². The summed E-state index contributed by atoms with van der Waals surface area (Å²) in [5, 5.41) is 6.35. The first kappa shape index (κ1) is 14.2. The maximum absolute atomic E-state index is 5.00. The molecule has 3 rings (SSSR count). The summed E-state index contributed by atoms with van der Waals surface area (Å²) in [5.74, 6) is 2.58. The predicted octanol–water partition coefficient (Wildman–Crippen LogP) is 4.04. The molecule has 106 valence electrons. The molecule has 1 aliphatic heterocycles. The maximum atomic E-state index is 5.00. The van der Waals surface area contributed by atoms with Crippen molar-refractivity contribution in [2.24, 2.45) is 0 Å². The van der Waals surface area contributed by atoms with Crippen LogP contribution in [0, 0.1) is 0 Å². The van der Waals surface area contributed by atoms with Gasteiger partial charge in [-0.3, -0.25) is 0 Å². The Morgan fingerprint density at radius 2 is 2.16 bits per heavy atom. The van der Waals surface area contributed by atoms with E-state index in [4.69, 9.17) is 4.98 Å². The second-order valence-electron chi connectivity index (χ2n) is 5.23. The lowest BCUT2D eigenvalue weighted by atomic mass is 9.98. The molecule has 1 aromatic heterocycles. The van der Waals surface area contributed by atoms with Crippen molar-refractivity contribution in [1.82, 2.24) is 10.3 Å². The molecular formula is C14H22N2S3. The Balaban J connectivity index is 1.84. The fourth-order valence-electron chi connectivity index (χ4n) is 2.91. The number of aryl methyl sites for hydroxylation is 1. The van der Waals surface area contributed by atoms with Crippen molar-refractivity contribution in [3.05, 3.63) is 15.6 Å². The Labute approximate surface area is 128 Å². The number of nitrogens with one attached hydrogen (secondary N) is 1. The summed E-state index contributed by atoms with van der Waals surface area (Å²) in [4.78, 5) is 6.54. The monoisotopic (exact) mass is 314 g/mol. The van der Waals surface area contributed by atoms with Gasteiger partial charge in [0, 0.05) is 27.7 Å². The van der Waals surface area contributed by atoms with E-state index in [1.807, 2.05) is 11.3 Å². The first-order valence-corrected chi connectivity index (χ1v) is 10.2. The zero-order valence-electron chi connectivity index (χ0n) is 11.6. The highest BCUT2D eigenvalue weighted by atomic mass is 32.2. The Kier molecular flexibility index (Phi) is 4.78. The minimum atomic E-state index is 0.566. The van der Waals surface area contributed by atoms with Crippen molar-refractivity contribution in [1.29, 1.82) is 0 Å². The van der Waals surface area contributed by atoms with Crippen LogP contribution in [0.15, 0.2) is 0 Å². The summed E-state index contributed by atoms with van der Waals surface area (Å²) in [6.45, 7) is 5.62. The normalized spacial score (nSPS) is 31.2. The number of hydrogen-bond acceptors (Lipinski definition) is 5. The van der Waals surface area contributed by atoms with Crippen LogP contribution in [-0.2, 0) is 6.42 Å². The van der Waals surface area contributed by atoms with Crippen LogP contribution in [0.5, 0.6) is 0 Å². The van der Waals surface area contributed by atoms with Crippen LogP contribution in [0.4, 0.5) is 0 Å². The summed E-state index contributed by atoms with van der Waals surface area (Å²) in [6, 6.07) is 0.566. The summed E-state index contributed by atoms with van der Waals surface area (Å²) in [7, 11) is 0. The largest absolute Gasteiger partial charge is 0.309 e. The molecule has 3 atom stereocenters. The average Bonchev–Trinajstić information content (AvgIpc) is 2.84. The Bertz CT molecular complexity index is 432. The molecule has 3 unspecified atom stereocenters. The molecule has 5 heteroatoms. The fourth-order valence-corrected chi connectivity index (χ4v) is 7.29. The van der Waals surface area contributed by atoms with Gasteiger partial charge in [-0.1, -0.05) is 13.8 Å². The molecule has 1 saturated heterocycles. The number of fused-ring (bicyclic) bond motifs is 1.